The van der Waals surface area contributed by atoms with Gasteiger partial charge in [0.05, 0.1) is 5.41 Å². The number of halogens is 3. The fourth-order valence-electron chi connectivity index (χ4n) is 6.39. The van der Waals surface area contributed by atoms with Gasteiger partial charge in [-0.3, -0.25) is 14.4 Å². The Hall–Kier alpha value is -4.15. The van der Waals surface area contributed by atoms with E-state index in [0.29, 0.717) is 36.4 Å². The molecule has 1 aromatic carbocycles. The van der Waals surface area contributed by atoms with Crippen molar-refractivity contribution < 1.29 is 32.0 Å². The Bertz CT molecular complexity index is 1490. The summed E-state index contributed by atoms with van der Waals surface area (Å²) in [6, 6.07) is 12.3. The number of aromatic nitrogens is 1. The molecule has 3 amide bonds. The zero-order valence-corrected chi connectivity index (χ0v) is 21.6. The second-order valence-corrected chi connectivity index (χ2v) is 10.8. The zero-order chi connectivity index (χ0) is 28.2. The Labute approximate surface area is 227 Å². The molecule has 8 nitrogen and oxygen atoms in total. The van der Waals surface area contributed by atoms with E-state index < -0.39 is 48.0 Å². The average molecular weight is 553 g/mol. The summed E-state index contributed by atoms with van der Waals surface area (Å²) in [4.78, 5) is 44.5. The number of alkyl halides is 3. The number of rotatable bonds is 4. The maximum absolute atomic E-state index is 13.4. The van der Waals surface area contributed by atoms with Crippen LogP contribution in [0, 0.1) is 0 Å². The summed E-state index contributed by atoms with van der Waals surface area (Å²) in [5.41, 5.74) is 1.48. The van der Waals surface area contributed by atoms with Crippen LogP contribution in [0.25, 0.3) is 0 Å². The first-order chi connectivity index (χ1) is 19.1. The van der Waals surface area contributed by atoms with Crippen molar-refractivity contribution in [1.29, 1.82) is 0 Å². The number of benzene rings is 1. The van der Waals surface area contributed by atoms with Gasteiger partial charge in [0.15, 0.2) is 5.76 Å². The van der Waals surface area contributed by atoms with E-state index in [9.17, 15) is 27.6 Å². The Kier molecular flexibility index (Phi) is 6.19. The summed E-state index contributed by atoms with van der Waals surface area (Å²) in [5.74, 6) is -0.981. The lowest BCUT2D eigenvalue weighted by Gasteiger charge is -2.43. The van der Waals surface area contributed by atoms with Crippen molar-refractivity contribution in [2.45, 2.75) is 62.2 Å². The fraction of sp³-hybridized carbons (Fsp3) is 0.379. The molecule has 2 N–H and O–H groups in total. The number of likely N-dealkylation sites (tertiary alicyclic amines) is 1. The summed E-state index contributed by atoms with van der Waals surface area (Å²) in [6.45, 7) is 0.195. The van der Waals surface area contributed by atoms with Gasteiger partial charge < -0.3 is 20.0 Å². The third-order valence-corrected chi connectivity index (χ3v) is 8.41. The van der Waals surface area contributed by atoms with Gasteiger partial charge in [-0.05, 0) is 49.4 Å². The predicted octanol–water partition coefficient (Wildman–Crippen LogP) is 4.12. The lowest BCUT2D eigenvalue weighted by atomic mass is 9.70. The largest absolute Gasteiger partial charge is 0.456 e. The average Bonchev–Trinajstić information content (AvgIpc) is 3.47. The standard InChI is InChI=1S/C29H27F3N4O4/c1-16-19(17-6-3-2-4-7-17)13-21(26(38)36(16)15-29(30,31)32)34-25(37)23-12-18-14-28(10-9-22(18)40-23)20-8-5-11-33-24(20)35-27(28)39/h2-8,11-12,16,19,21H,9-10,13-15H2,1H3,(H,34,37)(H,33,35,39)/t16-,19+,21+,28-/m0/s1. The van der Waals surface area contributed by atoms with Gasteiger partial charge in [-0.15, -0.1) is 0 Å². The van der Waals surface area contributed by atoms with Crippen LogP contribution < -0.4 is 10.6 Å². The number of pyridine rings is 1. The molecule has 1 saturated heterocycles. The number of nitrogens with zero attached hydrogens (tertiary/aromatic N) is 2. The molecule has 1 spiro atoms. The van der Waals surface area contributed by atoms with Gasteiger partial charge in [0.1, 0.15) is 24.2 Å². The van der Waals surface area contributed by atoms with E-state index in [2.05, 4.69) is 15.6 Å². The van der Waals surface area contributed by atoms with Crippen molar-refractivity contribution in [2.75, 3.05) is 11.9 Å². The Morgan fingerprint density at radius 1 is 1.20 bits per heavy atom. The first-order valence-corrected chi connectivity index (χ1v) is 13.2. The number of furan rings is 1. The van der Waals surface area contributed by atoms with E-state index in [1.807, 2.05) is 24.3 Å². The van der Waals surface area contributed by atoms with Crippen molar-refractivity contribution in [2.24, 2.45) is 0 Å². The monoisotopic (exact) mass is 552 g/mol. The van der Waals surface area contributed by atoms with Gasteiger partial charge in [-0.25, -0.2) is 4.98 Å². The number of hydrogen-bond donors (Lipinski definition) is 2. The van der Waals surface area contributed by atoms with Crippen molar-refractivity contribution in [3.8, 4) is 0 Å². The molecule has 1 fully saturated rings. The maximum Gasteiger partial charge on any atom is 0.406 e. The number of amides is 3. The number of piperidine rings is 1. The highest BCUT2D eigenvalue weighted by Crippen LogP contribution is 2.46. The van der Waals surface area contributed by atoms with Gasteiger partial charge in [0, 0.05) is 30.1 Å². The van der Waals surface area contributed by atoms with Gasteiger partial charge in [0.2, 0.25) is 11.8 Å². The minimum atomic E-state index is -4.59. The predicted molar refractivity (Wildman–Crippen MR) is 138 cm³/mol. The number of hydrogen-bond acceptors (Lipinski definition) is 5. The number of nitrogens with one attached hydrogen (secondary N) is 2. The van der Waals surface area contributed by atoms with Crippen LogP contribution >= 0.6 is 0 Å². The molecule has 4 heterocycles. The highest BCUT2D eigenvalue weighted by molar-refractivity contribution is 6.05. The van der Waals surface area contributed by atoms with E-state index in [1.165, 1.54) is 0 Å². The first-order valence-electron chi connectivity index (χ1n) is 13.2. The van der Waals surface area contributed by atoms with Crippen molar-refractivity contribution >= 4 is 23.5 Å². The van der Waals surface area contributed by atoms with Gasteiger partial charge >= 0.3 is 6.18 Å². The van der Waals surface area contributed by atoms with Crippen LogP contribution in [-0.4, -0.2) is 52.4 Å². The smallest absolute Gasteiger partial charge is 0.406 e. The molecular weight excluding hydrogens is 525 g/mol. The van der Waals surface area contributed by atoms with E-state index in [4.69, 9.17) is 4.42 Å². The minimum Gasteiger partial charge on any atom is -0.456 e. The lowest BCUT2D eigenvalue weighted by molar-refractivity contribution is -0.170. The first kappa shape index (κ1) is 26.1. The van der Waals surface area contributed by atoms with Crippen molar-refractivity contribution in [1.82, 2.24) is 15.2 Å². The van der Waals surface area contributed by atoms with Crippen LogP contribution in [0.5, 0.6) is 0 Å². The zero-order valence-electron chi connectivity index (χ0n) is 21.6. The quantitative estimate of drug-likeness (QED) is 0.507. The summed E-state index contributed by atoms with van der Waals surface area (Å²) in [5, 5.41) is 5.47. The lowest BCUT2D eigenvalue weighted by Crippen LogP contribution is -2.59. The Morgan fingerprint density at radius 3 is 2.73 bits per heavy atom. The molecule has 3 aromatic rings. The van der Waals surface area contributed by atoms with Gasteiger partial charge in [-0.1, -0.05) is 36.4 Å². The van der Waals surface area contributed by atoms with Crippen molar-refractivity contribution in [3.63, 3.8) is 0 Å². The molecule has 11 heteroatoms. The molecule has 6 rings (SSSR count). The van der Waals surface area contributed by atoms with Crippen LogP contribution in [0.4, 0.5) is 19.0 Å². The summed E-state index contributed by atoms with van der Waals surface area (Å²) >= 11 is 0. The molecule has 40 heavy (non-hydrogen) atoms. The third kappa shape index (κ3) is 4.43. The number of anilines is 1. The molecule has 0 saturated carbocycles. The van der Waals surface area contributed by atoms with Crippen molar-refractivity contribution in [3.05, 3.63) is 82.9 Å². The molecule has 0 bridgehead atoms. The molecular formula is C29H27F3N4O4. The van der Waals surface area contributed by atoms with E-state index in [-0.39, 0.29) is 18.1 Å². The van der Waals surface area contributed by atoms with E-state index in [0.717, 1.165) is 16.0 Å². The molecule has 0 radical (unpaired) electrons. The summed E-state index contributed by atoms with van der Waals surface area (Å²) in [6.07, 6.45) is -1.62. The van der Waals surface area contributed by atoms with Gasteiger partial charge in [0.25, 0.3) is 5.91 Å². The third-order valence-electron chi connectivity index (χ3n) is 8.41. The molecule has 4 atom stereocenters. The summed E-state index contributed by atoms with van der Waals surface area (Å²) < 4.78 is 46.1. The maximum atomic E-state index is 13.4. The topological polar surface area (TPSA) is 105 Å². The SMILES string of the molecule is C[C@H]1[C@H](c2ccccc2)C[C@@H](NC(=O)c2cc3c(o2)CC[C@@]2(C3)C(=O)Nc3ncccc32)C(=O)N1CC(F)(F)F. The molecule has 208 valence electrons. The number of aryl methyl sites for hydroxylation is 1. The van der Waals surface area contributed by atoms with E-state index in [1.54, 1.807) is 37.4 Å². The molecule has 2 aliphatic heterocycles. The minimum absolute atomic E-state index is 0.0445. The fourth-order valence-corrected chi connectivity index (χ4v) is 6.39. The molecule has 1 aliphatic carbocycles. The number of carbonyl (C=O) groups excluding carboxylic acids is 3. The normalized spacial score (nSPS) is 25.9. The van der Waals surface area contributed by atoms with Crippen LogP contribution in [0.3, 0.4) is 0 Å². The Balaban J connectivity index is 1.24. The summed E-state index contributed by atoms with van der Waals surface area (Å²) in [7, 11) is 0. The molecule has 0 unspecified atom stereocenters. The highest BCUT2D eigenvalue weighted by atomic mass is 19.4. The number of carbonyl (C=O) groups is 3. The molecule has 2 aromatic heterocycles. The second-order valence-electron chi connectivity index (χ2n) is 10.8. The van der Waals surface area contributed by atoms with Crippen LogP contribution in [0.1, 0.15) is 58.7 Å². The number of fused-ring (bicyclic) bond motifs is 3. The van der Waals surface area contributed by atoms with Gasteiger partial charge in [-0.2, -0.15) is 13.2 Å². The Morgan fingerprint density at radius 2 is 1.98 bits per heavy atom. The highest BCUT2D eigenvalue weighted by Gasteiger charge is 2.50. The van der Waals surface area contributed by atoms with E-state index >= 15 is 0 Å². The molecule has 3 aliphatic rings. The second kappa shape index (κ2) is 9.50. The van der Waals surface area contributed by atoms with Crippen LogP contribution in [0.15, 0.2) is 59.1 Å². The van der Waals surface area contributed by atoms with Crippen LogP contribution in [0.2, 0.25) is 0 Å². The van der Waals surface area contributed by atoms with Crippen LogP contribution in [-0.2, 0) is 27.8 Å².